The molecule has 0 radical (unpaired) electrons. The van der Waals surface area contributed by atoms with E-state index in [4.69, 9.17) is 0 Å². The van der Waals surface area contributed by atoms with Crippen molar-refractivity contribution < 1.29 is 4.79 Å². The van der Waals surface area contributed by atoms with E-state index in [2.05, 4.69) is 29.0 Å². The Morgan fingerprint density at radius 2 is 1.92 bits per heavy atom. The van der Waals surface area contributed by atoms with Crippen LogP contribution in [0.2, 0.25) is 0 Å². The van der Waals surface area contributed by atoms with Crippen LogP contribution in [0, 0.1) is 20.8 Å². The maximum Gasteiger partial charge on any atom is 0.267 e. The van der Waals surface area contributed by atoms with Crippen LogP contribution >= 0.6 is 11.3 Å². The number of hydrogen-bond acceptors (Lipinski definition) is 4. The van der Waals surface area contributed by atoms with Gasteiger partial charge in [0.05, 0.1) is 12.2 Å². The molecule has 1 amide bonds. The molecule has 5 heteroatoms. The van der Waals surface area contributed by atoms with Gasteiger partial charge in [-0.2, -0.15) is 0 Å². The van der Waals surface area contributed by atoms with Gasteiger partial charge >= 0.3 is 0 Å². The molecule has 3 rings (SSSR count). The lowest BCUT2D eigenvalue weighted by atomic mass is 10.1. The highest BCUT2D eigenvalue weighted by Crippen LogP contribution is 2.23. The Bertz CT molecular complexity index is 732. The molecular weight excluding hydrogens is 318 g/mol. The molecule has 2 heterocycles. The van der Waals surface area contributed by atoms with Crippen LogP contribution in [0.15, 0.2) is 18.2 Å². The van der Waals surface area contributed by atoms with E-state index >= 15 is 0 Å². The highest BCUT2D eigenvalue weighted by Gasteiger charge is 2.18. The van der Waals surface area contributed by atoms with Crippen LogP contribution in [0.1, 0.15) is 50.8 Å². The number of carbonyl (C=O) groups is 1. The Kier molecular flexibility index (Phi) is 5.31. The number of amides is 1. The molecule has 0 aliphatic carbocycles. The Labute approximate surface area is 147 Å². The minimum atomic E-state index is -0.0573. The monoisotopic (exact) mass is 343 g/mol. The molecule has 128 valence electrons. The van der Waals surface area contributed by atoms with E-state index in [0.717, 1.165) is 40.9 Å². The number of hydrogen-bond donors (Lipinski definition) is 1. The second-order valence-electron chi connectivity index (χ2n) is 6.61. The summed E-state index contributed by atoms with van der Waals surface area (Å²) in [6.07, 6.45) is 3.87. The Morgan fingerprint density at radius 1 is 1.17 bits per heavy atom. The molecular formula is C19H25N3OS. The van der Waals surface area contributed by atoms with Crippen LogP contribution in [-0.2, 0) is 6.54 Å². The van der Waals surface area contributed by atoms with Crippen molar-refractivity contribution in [2.75, 3.05) is 18.4 Å². The van der Waals surface area contributed by atoms with Crippen molar-refractivity contribution in [2.24, 2.45) is 0 Å². The topological polar surface area (TPSA) is 45.2 Å². The van der Waals surface area contributed by atoms with E-state index in [0.29, 0.717) is 0 Å². The van der Waals surface area contributed by atoms with E-state index in [-0.39, 0.29) is 5.91 Å². The first-order valence-electron chi connectivity index (χ1n) is 8.60. The summed E-state index contributed by atoms with van der Waals surface area (Å²) in [6.45, 7) is 9.19. The molecule has 2 aromatic rings. The molecule has 0 bridgehead atoms. The largest absolute Gasteiger partial charge is 0.321 e. The third kappa shape index (κ3) is 4.02. The zero-order chi connectivity index (χ0) is 17.1. The molecule has 1 N–H and O–H groups in total. The van der Waals surface area contributed by atoms with Gasteiger partial charge in [-0.3, -0.25) is 9.69 Å². The summed E-state index contributed by atoms with van der Waals surface area (Å²) < 4.78 is 0. The number of nitrogens with one attached hydrogen (secondary N) is 1. The summed E-state index contributed by atoms with van der Waals surface area (Å²) in [5, 5.41) is 4.04. The Hall–Kier alpha value is -1.72. The molecule has 0 atom stereocenters. The van der Waals surface area contributed by atoms with Gasteiger partial charge in [0.1, 0.15) is 9.88 Å². The third-order valence-electron chi connectivity index (χ3n) is 4.62. The molecule has 0 saturated carbocycles. The van der Waals surface area contributed by atoms with Crippen molar-refractivity contribution in [1.82, 2.24) is 9.88 Å². The second-order valence-corrected chi connectivity index (χ2v) is 7.70. The quantitative estimate of drug-likeness (QED) is 0.900. The van der Waals surface area contributed by atoms with Gasteiger partial charge in [-0.15, -0.1) is 11.3 Å². The molecule has 4 nitrogen and oxygen atoms in total. The van der Waals surface area contributed by atoms with Gasteiger partial charge in [-0.1, -0.05) is 12.5 Å². The minimum Gasteiger partial charge on any atom is -0.321 e. The van der Waals surface area contributed by atoms with Gasteiger partial charge in [0.15, 0.2) is 0 Å². The van der Waals surface area contributed by atoms with Crippen molar-refractivity contribution in [1.29, 1.82) is 0 Å². The molecule has 1 aliphatic rings. The molecule has 24 heavy (non-hydrogen) atoms. The molecule has 1 aromatic carbocycles. The highest BCUT2D eigenvalue weighted by atomic mass is 32.1. The standard InChI is InChI=1S/C19H25N3OS/c1-13-7-8-16(11-14(13)2)21-19(23)18-15(3)20-17(24-18)12-22-9-5-4-6-10-22/h7-8,11H,4-6,9-10,12H2,1-3H3,(H,21,23). The summed E-state index contributed by atoms with van der Waals surface area (Å²) in [5.41, 5.74) is 4.08. The van der Waals surface area contributed by atoms with E-state index in [1.165, 1.54) is 41.7 Å². The Balaban J connectivity index is 1.69. The fourth-order valence-electron chi connectivity index (χ4n) is 3.05. The summed E-state index contributed by atoms with van der Waals surface area (Å²) in [5.74, 6) is -0.0573. The van der Waals surface area contributed by atoms with Gasteiger partial charge in [-0.25, -0.2) is 4.98 Å². The number of aryl methyl sites for hydroxylation is 3. The van der Waals surface area contributed by atoms with Crippen molar-refractivity contribution in [2.45, 2.75) is 46.6 Å². The minimum absolute atomic E-state index is 0.0573. The molecule has 1 aromatic heterocycles. The van der Waals surface area contributed by atoms with Crippen molar-refractivity contribution in [3.05, 3.63) is 44.9 Å². The zero-order valence-corrected chi connectivity index (χ0v) is 15.5. The predicted molar refractivity (Wildman–Crippen MR) is 99.8 cm³/mol. The first kappa shape index (κ1) is 17.1. The lowest BCUT2D eigenvalue weighted by Gasteiger charge is -2.25. The highest BCUT2D eigenvalue weighted by molar-refractivity contribution is 7.13. The summed E-state index contributed by atoms with van der Waals surface area (Å²) in [7, 11) is 0. The zero-order valence-electron chi connectivity index (χ0n) is 14.7. The third-order valence-corrected chi connectivity index (χ3v) is 5.76. The number of carbonyl (C=O) groups excluding carboxylic acids is 1. The lowest BCUT2D eigenvalue weighted by Crippen LogP contribution is -2.28. The van der Waals surface area contributed by atoms with Gasteiger partial charge in [0.2, 0.25) is 0 Å². The first-order valence-corrected chi connectivity index (χ1v) is 9.42. The fourth-order valence-corrected chi connectivity index (χ4v) is 4.05. The van der Waals surface area contributed by atoms with Crippen molar-refractivity contribution in [3.63, 3.8) is 0 Å². The number of rotatable bonds is 4. The van der Waals surface area contributed by atoms with E-state index in [9.17, 15) is 4.79 Å². The number of nitrogens with zero attached hydrogens (tertiary/aromatic N) is 2. The maximum atomic E-state index is 12.6. The number of benzene rings is 1. The molecule has 0 unspecified atom stereocenters. The van der Waals surface area contributed by atoms with Crippen molar-refractivity contribution in [3.8, 4) is 0 Å². The van der Waals surface area contributed by atoms with Gasteiger partial charge in [0, 0.05) is 5.69 Å². The average molecular weight is 343 g/mol. The van der Waals surface area contributed by atoms with Crippen LogP contribution in [0.4, 0.5) is 5.69 Å². The molecule has 1 saturated heterocycles. The van der Waals surface area contributed by atoms with Gasteiger partial charge in [0.25, 0.3) is 5.91 Å². The molecule has 0 spiro atoms. The molecule has 1 aliphatic heterocycles. The number of likely N-dealkylation sites (tertiary alicyclic amines) is 1. The number of piperidine rings is 1. The fraction of sp³-hybridized carbons (Fsp3) is 0.474. The van der Waals surface area contributed by atoms with E-state index in [1.54, 1.807) is 0 Å². The number of anilines is 1. The summed E-state index contributed by atoms with van der Waals surface area (Å²) >= 11 is 1.52. The summed E-state index contributed by atoms with van der Waals surface area (Å²) in [4.78, 5) is 20.4. The van der Waals surface area contributed by atoms with Gasteiger partial charge < -0.3 is 5.32 Å². The van der Waals surface area contributed by atoms with E-state index < -0.39 is 0 Å². The van der Waals surface area contributed by atoms with Crippen LogP contribution in [0.25, 0.3) is 0 Å². The maximum absolute atomic E-state index is 12.6. The number of aromatic nitrogens is 1. The lowest BCUT2D eigenvalue weighted by molar-refractivity contribution is 0.103. The van der Waals surface area contributed by atoms with Crippen LogP contribution < -0.4 is 5.32 Å². The smallest absolute Gasteiger partial charge is 0.267 e. The first-order chi connectivity index (χ1) is 11.5. The predicted octanol–water partition coefficient (Wildman–Crippen LogP) is 4.31. The second kappa shape index (κ2) is 7.45. The molecule has 1 fully saturated rings. The van der Waals surface area contributed by atoms with Gasteiger partial charge in [-0.05, 0) is 70.0 Å². The van der Waals surface area contributed by atoms with Crippen LogP contribution in [0.5, 0.6) is 0 Å². The van der Waals surface area contributed by atoms with Crippen LogP contribution in [-0.4, -0.2) is 28.9 Å². The Morgan fingerprint density at radius 3 is 2.62 bits per heavy atom. The normalized spacial score (nSPS) is 15.5. The summed E-state index contributed by atoms with van der Waals surface area (Å²) in [6, 6.07) is 6.00. The van der Waals surface area contributed by atoms with Crippen LogP contribution in [0.3, 0.4) is 0 Å². The van der Waals surface area contributed by atoms with E-state index in [1.807, 2.05) is 25.1 Å². The SMILES string of the molecule is Cc1ccc(NC(=O)c2sc(CN3CCCCC3)nc2C)cc1C. The van der Waals surface area contributed by atoms with Crippen molar-refractivity contribution >= 4 is 22.9 Å². The average Bonchev–Trinajstić information content (AvgIpc) is 2.92. The number of thiazole rings is 1.